The molecule has 2 aromatic heterocycles. The molecule has 0 bridgehead atoms. The van der Waals surface area contributed by atoms with Gasteiger partial charge in [-0.3, -0.25) is 19.0 Å². The van der Waals surface area contributed by atoms with Gasteiger partial charge in [0.25, 0.3) is 5.56 Å². The highest BCUT2D eigenvalue weighted by atomic mass is 127. The summed E-state index contributed by atoms with van der Waals surface area (Å²) in [7, 11) is 1.82. The zero-order chi connectivity index (χ0) is 12.6. The molecule has 17 heavy (non-hydrogen) atoms. The first-order valence-corrected chi connectivity index (χ1v) is 6.04. The molecule has 0 amide bonds. The van der Waals surface area contributed by atoms with E-state index in [0.29, 0.717) is 10.1 Å². The van der Waals surface area contributed by atoms with Crippen molar-refractivity contribution < 1.29 is 0 Å². The van der Waals surface area contributed by atoms with Gasteiger partial charge in [-0.1, -0.05) is 0 Å². The van der Waals surface area contributed by atoms with E-state index in [9.17, 15) is 9.59 Å². The van der Waals surface area contributed by atoms with Crippen LogP contribution in [0.1, 0.15) is 11.4 Å². The second-order valence-corrected chi connectivity index (χ2v) is 4.93. The maximum Gasteiger partial charge on any atom is 0.328 e. The second-order valence-electron chi connectivity index (χ2n) is 3.76. The topological polar surface area (TPSA) is 72.7 Å². The molecule has 0 unspecified atom stereocenters. The number of aromatic amines is 1. The van der Waals surface area contributed by atoms with Crippen LogP contribution >= 0.6 is 22.6 Å². The van der Waals surface area contributed by atoms with Crippen molar-refractivity contribution in [2.45, 2.75) is 13.5 Å². The normalized spacial score (nSPS) is 10.8. The zero-order valence-electron chi connectivity index (χ0n) is 9.40. The molecular weight excluding hydrogens is 335 g/mol. The average Bonchev–Trinajstić information content (AvgIpc) is 2.54. The van der Waals surface area contributed by atoms with Gasteiger partial charge in [0, 0.05) is 13.2 Å². The molecule has 0 aliphatic rings. The van der Waals surface area contributed by atoms with Crippen molar-refractivity contribution in [1.82, 2.24) is 19.3 Å². The number of aromatic nitrogens is 4. The van der Waals surface area contributed by atoms with E-state index in [1.54, 1.807) is 10.9 Å². The number of halogens is 1. The standard InChI is InChI=1S/C10H11IN4O2/c1-6-3-7(14(2)13-6)4-15-5-8(11)9(16)12-10(15)17/h3,5H,4H2,1-2H3,(H,12,16,17). The molecule has 7 heteroatoms. The highest BCUT2D eigenvalue weighted by molar-refractivity contribution is 14.1. The van der Waals surface area contributed by atoms with Crippen LogP contribution in [-0.4, -0.2) is 19.3 Å². The molecule has 0 atom stereocenters. The smallest absolute Gasteiger partial charge is 0.294 e. The van der Waals surface area contributed by atoms with Crippen LogP contribution in [0.15, 0.2) is 21.9 Å². The van der Waals surface area contributed by atoms with Gasteiger partial charge in [-0.05, 0) is 35.6 Å². The summed E-state index contributed by atoms with van der Waals surface area (Å²) < 4.78 is 3.67. The van der Waals surface area contributed by atoms with Gasteiger partial charge < -0.3 is 0 Å². The van der Waals surface area contributed by atoms with Crippen molar-refractivity contribution in [3.63, 3.8) is 0 Å². The van der Waals surface area contributed by atoms with Gasteiger partial charge in [-0.15, -0.1) is 0 Å². The van der Waals surface area contributed by atoms with Gasteiger partial charge in [0.15, 0.2) is 0 Å². The number of hydrogen-bond acceptors (Lipinski definition) is 3. The Balaban J connectivity index is 2.43. The molecule has 0 aliphatic heterocycles. The maximum absolute atomic E-state index is 11.6. The zero-order valence-corrected chi connectivity index (χ0v) is 11.6. The van der Waals surface area contributed by atoms with Crippen molar-refractivity contribution >= 4 is 22.6 Å². The second kappa shape index (κ2) is 4.47. The van der Waals surface area contributed by atoms with Crippen LogP contribution in [0.25, 0.3) is 0 Å². The first-order valence-electron chi connectivity index (χ1n) is 4.96. The minimum Gasteiger partial charge on any atom is -0.294 e. The Labute approximate surface area is 110 Å². The van der Waals surface area contributed by atoms with Crippen LogP contribution in [-0.2, 0) is 13.6 Å². The van der Waals surface area contributed by atoms with Crippen molar-refractivity contribution in [2.75, 3.05) is 0 Å². The lowest BCUT2D eigenvalue weighted by Gasteiger charge is -2.05. The number of rotatable bonds is 2. The molecule has 0 saturated carbocycles. The molecule has 6 nitrogen and oxygen atoms in total. The van der Waals surface area contributed by atoms with E-state index in [-0.39, 0.29) is 5.56 Å². The number of aryl methyl sites for hydroxylation is 2. The molecule has 0 radical (unpaired) electrons. The van der Waals surface area contributed by atoms with Crippen LogP contribution in [0.5, 0.6) is 0 Å². The van der Waals surface area contributed by atoms with Crippen molar-refractivity contribution in [3.05, 3.63) is 48.1 Å². The molecule has 0 saturated heterocycles. The fourth-order valence-electron chi connectivity index (χ4n) is 1.59. The summed E-state index contributed by atoms with van der Waals surface area (Å²) in [5.74, 6) is 0. The monoisotopic (exact) mass is 346 g/mol. The summed E-state index contributed by atoms with van der Waals surface area (Å²) in [6.07, 6.45) is 1.55. The molecule has 0 fully saturated rings. The quantitative estimate of drug-likeness (QED) is 0.792. The summed E-state index contributed by atoms with van der Waals surface area (Å²) >= 11 is 1.90. The molecular formula is C10H11IN4O2. The number of nitrogens with one attached hydrogen (secondary N) is 1. The van der Waals surface area contributed by atoms with E-state index in [1.807, 2.05) is 42.6 Å². The first kappa shape index (κ1) is 12.1. The maximum atomic E-state index is 11.6. The van der Waals surface area contributed by atoms with E-state index in [2.05, 4.69) is 10.1 Å². The first-order chi connectivity index (χ1) is 7.97. The summed E-state index contributed by atoms with van der Waals surface area (Å²) in [5, 5.41) is 4.20. The van der Waals surface area contributed by atoms with Gasteiger partial charge in [-0.2, -0.15) is 5.10 Å². The molecule has 2 rings (SSSR count). The molecule has 0 aromatic carbocycles. The van der Waals surface area contributed by atoms with Gasteiger partial charge in [0.2, 0.25) is 0 Å². The van der Waals surface area contributed by atoms with E-state index in [1.165, 1.54) is 4.57 Å². The minimum absolute atomic E-state index is 0.354. The number of nitrogens with zero attached hydrogens (tertiary/aromatic N) is 3. The average molecular weight is 346 g/mol. The van der Waals surface area contributed by atoms with Crippen molar-refractivity contribution in [3.8, 4) is 0 Å². The Bertz CT molecular complexity index is 668. The van der Waals surface area contributed by atoms with Crippen molar-refractivity contribution in [1.29, 1.82) is 0 Å². The SMILES string of the molecule is Cc1cc(Cn2cc(I)c(=O)[nH]c2=O)n(C)n1. The fraction of sp³-hybridized carbons (Fsp3) is 0.300. The predicted octanol–water partition coefficient (Wildman–Crippen LogP) is 0.231. The number of hydrogen-bond donors (Lipinski definition) is 1. The summed E-state index contributed by atoms with van der Waals surface area (Å²) in [6, 6.07) is 1.91. The van der Waals surface area contributed by atoms with Crippen LogP contribution in [0, 0.1) is 10.5 Å². The predicted molar refractivity (Wildman–Crippen MR) is 71.1 cm³/mol. The third kappa shape index (κ3) is 2.48. The summed E-state index contributed by atoms with van der Waals surface area (Å²) in [6.45, 7) is 2.28. The Morgan fingerprint density at radius 2 is 2.18 bits per heavy atom. The van der Waals surface area contributed by atoms with Crippen LogP contribution in [0.2, 0.25) is 0 Å². The molecule has 2 aromatic rings. The molecule has 1 N–H and O–H groups in total. The highest BCUT2D eigenvalue weighted by Crippen LogP contribution is 2.03. The molecule has 0 spiro atoms. The molecule has 2 heterocycles. The fourth-order valence-corrected chi connectivity index (χ4v) is 2.06. The highest BCUT2D eigenvalue weighted by Gasteiger charge is 2.06. The third-order valence-electron chi connectivity index (χ3n) is 2.40. The Hall–Kier alpha value is -1.38. The Kier molecular flexibility index (Phi) is 3.18. The van der Waals surface area contributed by atoms with Crippen LogP contribution in [0.3, 0.4) is 0 Å². The lowest BCUT2D eigenvalue weighted by molar-refractivity contribution is 0.636. The molecule has 0 aliphatic carbocycles. The van der Waals surface area contributed by atoms with E-state index in [4.69, 9.17) is 0 Å². The van der Waals surface area contributed by atoms with Crippen molar-refractivity contribution in [2.24, 2.45) is 7.05 Å². The third-order valence-corrected chi connectivity index (χ3v) is 3.17. The lowest BCUT2D eigenvalue weighted by Crippen LogP contribution is -2.31. The van der Waals surface area contributed by atoms with Gasteiger partial charge in [0.05, 0.1) is 21.5 Å². The Morgan fingerprint density at radius 1 is 1.47 bits per heavy atom. The largest absolute Gasteiger partial charge is 0.328 e. The van der Waals surface area contributed by atoms with E-state index >= 15 is 0 Å². The summed E-state index contributed by atoms with van der Waals surface area (Å²) in [4.78, 5) is 25.1. The number of H-pyrrole nitrogens is 1. The van der Waals surface area contributed by atoms with Gasteiger partial charge in [-0.25, -0.2) is 4.79 Å². The summed E-state index contributed by atoms with van der Waals surface area (Å²) in [5.41, 5.74) is 1.05. The lowest BCUT2D eigenvalue weighted by atomic mass is 10.3. The van der Waals surface area contributed by atoms with E-state index < -0.39 is 5.69 Å². The van der Waals surface area contributed by atoms with Crippen LogP contribution < -0.4 is 11.2 Å². The Morgan fingerprint density at radius 3 is 2.76 bits per heavy atom. The minimum atomic E-state index is -0.408. The van der Waals surface area contributed by atoms with Gasteiger partial charge in [0.1, 0.15) is 0 Å². The molecule has 90 valence electrons. The van der Waals surface area contributed by atoms with Gasteiger partial charge >= 0.3 is 5.69 Å². The van der Waals surface area contributed by atoms with E-state index in [0.717, 1.165) is 11.4 Å². The van der Waals surface area contributed by atoms with Crippen LogP contribution in [0.4, 0.5) is 0 Å².